The third kappa shape index (κ3) is 2.54. The van der Waals surface area contributed by atoms with E-state index in [4.69, 9.17) is 4.74 Å². The van der Waals surface area contributed by atoms with E-state index in [2.05, 4.69) is 10.3 Å². The number of thiazole rings is 1. The summed E-state index contributed by atoms with van der Waals surface area (Å²) in [6, 6.07) is 0. The minimum absolute atomic E-state index is 0.0349. The molecule has 1 atom stereocenters. The summed E-state index contributed by atoms with van der Waals surface area (Å²) in [5.41, 5.74) is 0.821. The summed E-state index contributed by atoms with van der Waals surface area (Å²) in [6.07, 6.45) is 5.25. The van der Waals surface area contributed by atoms with Gasteiger partial charge in [0.1, 0.15) is 0 Å². The average molecular weight is 265 g/mol. The van der Waals surface area contributed by atoms with Crippen LogP contribution in [0.5, 0.6) is 0 Å². The van der Waals surface area contributed by atoms with Crippen molar-refractivity contribution in [3.8, 4) is 0 Å². The van der Waals surface area contributed by atoms with Crippen LogP contribution in [0.15, 0.2) is 17.8 Å². The minimum Gasteiger partial charge on any atom is -0.381 e. The number of nitrogens with zero attached hydrogens (tertiary/aromatic N) is 2. The number of ether oxygens (including phenoxy) is 1. The van der Waals surface area contributed by atoms with Gasteiger partial charge in [-0.1, -0.05) is 0 Å². The first-order chi connectivity index (χ1) is 8.81. The summed E-state index contributed by atoms with van der Waals surface area (Å²) >= 11 is 1.57. The zero-order chi connectivity index (χ0) is 12.4. The first-order valence-electron chi connectivity index (χ1n) is 6.07. The van der Waals surface area contributed by atoms with Gasteiger partial charge in [0.25, 0.3) is 0 Å². The number of carbonyl (C=O) groups excluding carboxylic acids is 1. The molecule has 0 aromatic carbocycles. The van der Waals surface area contributed by atoms with E-state index in [0.717, 1.165) is 30.3 Å². The molecule has 3 heterocycles. The highest BCUT2D eigenvalue weighted by atomic mass is 32.1. The number of imidazole rings is 1. The molecule has 0 radical (unpaired) electrons. The Morgan fingerprint density at radius 2 is 2.61 bits per heavy atom. The fraction of sp³-hybridized carbons (Fsp3) is 0.500. The van der Waals surface area contributed by atoms with Gasteiger partial charge in [0.15, 0.2) is 4.96 Å². The van der Waals surface area contributed by atoms with Gasteiger partial charge >= 0.3 is 0 Å². The van der Waals surface area contributed by atoms with Crippen LogP contribution in [0.25, 0.3) is 4.96 Å². The Morgan fingerprint density at radius 1 is 1.67 bits per heavy atom. The zero-order valence-electron chi connectivity index (χ0n) is 9.96. The maximum atomic E-state index is 11.8. The number of amides is 1. The third-order valence-electron chi connectivity index (χ3n) is 3.10. The molecule has 3 rings (SSSR count). The maximum absolute atomic E-state index is 11.8. The summed E-state index contributed by atoms with van der Waals surface area (Å²) < 4.78 is 7.21. The number of rotatable bonds is 4. The van der Waals surface area contributed by atoms with Crippen LogP contribution in [0.2, 0.25) is 0 Å². The zero-order valence-corrected chi connectivity index (χ0v) is 10.8. The monoisotopic (exact) mass is 265 g/mol. The maximum Gasteiger partial charge on any atom is 0.226 e. The van der Waals surface area contributed by atoms with Crippen molar-refractivity contribution >= 4 is 22.2 Å². The quantitative estimate of drug-likeness (QED) is 0.900. The molecular weight excluding hydrogens is 250 g/mol. The predicted molar refractivity (Wildman–Crippen MR) is 68.7 cm³/mol. The van der Waals surface area contributed by atoms with E-state index in [0.29, 0.717) is 18.9 Å². The van der Waals surface area contributed by atoms with E-state index in [1.165, 1.54) is 0 Å². The minimum atomic E-state index is 0.0349. The van der Waals surface area contributed by atoms with Gasteiger partial charge in [-0.2, -0.15) is 0 Å². The lowest BCUT2D eigenvalue weighted by Gasteiger charge is -2.08. The Balaban J connectivity index is 1.52. The fourth-order valence-electron chi connectivity index (χ4n) is 2.09. The van der Waals surface area contributed by atoms with Gasteiger partial charge in [-0.25, -0.2) is 4.98 Å². The Bertz CT molecular complexity index is 514. The Labute approximate surface area is 109 Å². The lowest BCUT2D eigenvalue weighted by Crippen LogP contribution is -2.30. The number of hydrogen-bond donors (Lipinski definition) is 1. The molecule has 1 aliphatic rings. The van der Waals surface area contributed by atoms with Crippen LogP contribution in [0.1, 0.15) is 12.1 Å². The van der Waals surface area contributed by atoms with E-state index in [9.17, 15) is 4.79 Å². The Morgan fingerprint density at radius 3 is 3.39 bits per heavy atom. The molecule has 6 heteroatoms. The van der Waals surface area contributed by atoms with Crippen LogP contribution in [0.3, 0.4) is 0 Å². The highest BCUT2D eigenvalue weighted by Gasteiger charge is 2.16. The number of carbonyl (C=O) groups is 1. The first-order valence-corrected chi connectivity index (χ1v) is 6.95. The lowest BCUT2D eigenvalue weighted by molar-refractivity contribution is -0.120. The summed E-state index contributed by atoms with van der Waals surface area (Å²) in [4.78, 5) is 17.1. The number of fused-ring (bicyclic) bond motifs is 1. The van der Waals surface area contributed by atoms with Gasteiger partial charge in [0.05, 0.1) is 18.7 Å². The van der Waals surface area contributed by atoms with Crippen molar-refractivity contribution in [3.05, 3.63) is 23.5 Å². The highest BCUT2D eigenvalue weighted by molar-refractivity contribution is 7.15. The molecular formula is C12H15N3O2S. The van der Waals surface area contributed by atoms with Crippen molar-refractivity contribution < 1.29 is 9.53 Å². The molecule has 1 saturated heterocycles. The second-order valence-corrected chi connectivity index (χ2v) is 5.41. The molecule has 1 aliphatic heterocycles. The van der Waals surface area contributed by atoms with E-state index in [1.54, 1.807) is 11.3 Å². The SMILES string of the molecule is O=C(Cc1cn2ccsc2n1)NC[C@@H]1CCOC1. The van der Waals surface area contributed by atoms with Crippen LogP contribution in [0, 0.1) is 5.92 Å². The normalized spacial score (nSPS) is 19.4. The Hall–Kier alpha value is -1.40. The van der Waals surface area contributed by atoms with Gasteiger partial charge in [0.2, 0.25) is 5.91 Å². The van der Waals surface area contributed by atoms with Gasteiger partial charge in [-0.3, -0.25) is 9.20 Å². The molecule has 0 unspecified atom stereocenters. The summed E-state index contributed by atoms with van der Waals surface area (Å²) in [6.45, 7) is 2.29. The smallest absolute Gasteiger partial charge is 0.226 e. The largest absolute Gasteiger partial charge is 0.381 e. The van der Waals surface area contributed by atoms with Crippen LogP contribution in [0.4, 0.5) is 0 Å². The Kier molecular flexibility index (Phi) is 3.29. The molecule has 5 nitrogen and oxygen atoms in total. The molecule has 1 fully saturated rings. The van der Waals surface area contributed by atoms with Crippen LogP contribution in [-0.2, 0) is 16.0 Å². The summed E-state index contributed by atoms with van der Waals surface area (Å²) in [5.74, 6) is 0.507. The second-order valence-electron chi connectivity index (χ2n) is 4.54. The number of hydrogen-bond acceptors (Lipinski definition) is 4. The first kappa shape index (κ1) is 11.7. The topological polar surface area (TPSA) is 55.6 Å². The van der Waals surface area contributed by atoms with Crippen molar-refractivity contribution in [3.63, 3.8) is 0 Å². The van der Waals surface area contributed by atoms with Crippen molar-refractivity contribution in [2.45, 2.75) is 12.8 Å². The van der Waals surface area contributed by atoms with Gasteiger partial charge in [0, 0.05) is 36.8 Å². The van der Waals surface area contributed by atoms with Gasteiger partial charge < -0.3 is 10.1 Å². The molecule has 2 aromatic rings. The van der Waals surface area contributed by atoms with E-state index in [-0.39, 0.29) is 5.91 Å². The lowest BCUT2D eigenvalue weighted by atomic mass is 10.1. The fourth-order valence-corrected chi connectivity index (χ4v) is 2.81. The molecule has 18 heavy (non-hydrogen) atoms. The van der Waals surface area contributed by atoms with E-state index in [1.807, 2.05) is 22.2 Å². The summed E-state index contributed by atoms with van der Waals surface area (Å²) in [7, 11) is 0. The second kappa shape index (κ2) is 5.07. The number of nitrogens with one attached hydrogen (secondary N) is 1. The van der Waals surface area contributed by atoms with Crippen LogP contribution >= 0.6 is 11.3 Å². The highest BCUT2D eigenvalue weighted by Crippen LogP contribution is 2.12. The molecule has 2 aromatic heterocycles. The molecule has 0 bridgehead atoms. The van der Waals surface area contributed by atoms with Crippen molar-refractivity contribution in [1.29, 1.82) is 0 Å². The molecule has 96 valence electrons. The summed E-state index contributed by atoms with van der Waals surface area (Å²) in [5, 5.41) is 4.92. The molecule has 0 aliphatic carbocycles. The molecule has 0 saturated carbocycles. The number of aromatic nitrogens is 2. The van der Waals surface area contributed by atoms with Gasteiger partial charge in [-0.15, -0.1) is 11.3 Å². The van der Waals surface area contributed by atoms with E-state index < -0.39 is 0 Å². The van der Waals surface area contributed by atoms with E-state index >= 15 is 0 Å². The predicted octanol–water partition coefficient (Wildman–Crippen LogP) is 1.09. The molecule has 1 N–H and O–H groups in total. The standard InChI is InChI=1S/C12H15N3O2S/c16-11(13-6-9-1-3-17-8-9)5-10-7-15-2-4-18-12(15)14-10/h2,4,7,9H,1,3,5-6,8H2,(H,13,16)/t9-/m0/s1. The molecule has 1 amide bonds. The average Bonchev–Trinajstić information content (AvgIpc) is 3.01. The van der Waals surface area contributed by atoms with Gasteiger partial charge in [-0.05, 0) is 6.42 Å². The van der Waals surface area contributed by atoms with Crippen molar-refractivity contribution in [1.82, 2.24) is 14.7 Å². The van der Waals surface area contributed by atoms with Crippen LogP contribution < -0.4 is 5.32 Å². The van der Waals surface area contributed by atoms with Crippen molar-refractivity contribution in [2.24, 2.45) is 5.92 Å². The third-order valence-corrected chi connectivity index (χ3v) is 3.87. The van der Waals surface area contributed by atoms with Crippen molar-refractivity contribution in [2.75, 3.05) is 19.8 Å². The van der Waals surface area contributed by atoms with Crippen LogP contribution in [-0.4, -0.2) is 35.1 Å². The molecule has 0 spiro atoms.